The minimum Gasteiger partial charge on any atom is -0.308 e. The van der Waals surface area contributed by atoms with E-state index in [2.05, 4.69) is 60.6 Å². The first kappa shape index (κ1) is 15.8. The van der Waals surface area contributed by atoms with Gasteiger partial charge in [0.05, 0.1) is 0 Å². The molecule has 108 valence electrons. The molecule has 2 aromatic rings. The van der Waals surface area contributed by atoms with E-state index < -0.39 is 0 Å². The third-order valence-electron chi connectivity index (χ3n) is 2.54. The molecule has 1 aromatic carbocycles. The highest BCUT2D eigenvalue weighted by atomic mass is 32.2. The minimum absolute atomic E-state index is 0.118. The number of thioether (sulfide) groups is 1. The van der Waals surface area contributed by atoms with Gasteiger partial charge in [-0.25, -0.2) is 0 Å². The third kappa shape index (κ3) is 4.77. The molecule has 0 saturated carbocycles. The molecule has 0 unspecified atom stereocenters. The van der Waals surface area contributed by atoms with Gasteiger partial charge in [-0.3, -0.25) is 0 Å². The molecule has 1 aromatic heterocycles. The second kappa shape index (κ2) is 6.93. The molecular weight excluding hydrogens is 306 g/mol. The summed E-state index contributed by atoms with van der Waals surface area (Å²) in [5.74, 6) is 0. The zero-order valence-corrected chi connectivity index (χ0v) is 14.6. The molecule has 20 heavy (non-hydrogen) atoms. The van der Waals surface area contributed by atoms with E-state index in [1.54, 1.807) is 34.9 Å². The lowest BCUT2D eigenvalue weighted by Crippen LogP contribution is -2.35. The van der Waals surface area contributed by atoms with Gasteiger partial charge in [0.1, 0.15) is 0 Å². The van der Waals surface area contributed by atoms with Crippen LogP contribution in [0.2, 0.25) is 0 Å². The van der Waals surface area contributed by atoms with E-state index in [0.717, 1.165) is 15.2 Å². The molecule has 0 aliphatic rings. The summed E-state index contributed by atoms with van der Waals surface area (Å²) in [4.78, 5) is 1.24. The normalized spacial score (nSPS) is 11.8. The summed E-state index contributed by atoms with van der Waals surface area (Å²) in [6, 6.07) is 8.46. The average Bonchev–Trinajstić information content (AvgIpc) is 2.84. The molecule has 0 saturated heterocycles. The van der Waals surface area contributed by atoms with Gasteiger partial charge in [0.2, 0.25) is 0 Å². The Balaban J connectivity index is 2.11. The molecule has 3 nitrogen and oxygen atoms in total. The molecule has 0 bridgehead atoms. The summed E-state index contributed by atoms with van der Waals surface area (Å²) in [5.41, 5.74) is 1.42. The van der Waals surface area contributed by atoms with Crippen molar-refractivity contribution < 1.29 is 0 Å². The van der Waals surface area contributed by atoms with E-state index in [-0.39, 0.29) is 5.54 Å². The van der Waals surface area contributed by atoms with Crippen molar-refractivity contribution >= 4 is 34.9 Å². The van der Waals surface area contributed by atoms with Crippen molar-refractivity contribution in [2.75, 3.05) is 6.26 Å². The van der Waals surface area contributed by atoms with E-state index in [0.29, 0.717) is 0 Å². The molecule has 0 fully saturated rings. The van der Waals surface area contributed by atoms with Crippen LogP contribution in [0.1, 0.15) is 26.3 Å². The maximum Gasteiger partial charge on any atom is 0.179 e. The van der Waals surface area contributed by atoms with Gasteiger partial charge < -0.3 is 5.32 Å². The lowest BCUT2D eigenvalue weighted by atomic mass is 10.1. The van der Waals surface area contributed by atoms with Crippen molar-refractivity contribution in [2.45, 2.75) is 46.4 Å². The van der Waals surface area contributed by atoms with Crippen LogP contribution in [-0.2, 0) is 6.54 Å². The summed E-state index contributed by atoms with van der Waals surface area (Å²) in [6.45, 7) is 7.40. The lowest BCUT2D eigenvalue weighted by Gasteiger charge is -2.21. The molecule has 0 aliphatic carbocycles. The zero-order chi connectivity index (χ0) is 14.6. The Morgan fingerprint density at radius 1 is 1.15 bits per heavy atom. The Kier molecular flexibility index (Phi) is 5.49. The molecule has 1 heterocycles. The largest absolute Gasteiger partial charge is 0.308 e. The SMILES string of the molecule is CSc1nnc(Sc2ccccc2CNC(C)(C)C)s1. The highest BCUT2D eigenvalue weighted by Gasteiger charge is 2.12. The van der Waals surface area contributed by atoms with E-state index in [4.69, 9.17) is 0 Å². The van der Waals surface area contributed by atoms with Gasteiger partial charge in [-0.15, -0.1) is 10.2 Å². The summed E-state index contributed by atoms with van der Waals surface area (Å²) in [7, 11) is 0. The Labute approximate surface area is 133 Å². The molecule has 0 aliphatic heterocycles. The second-order valence-electron chi connectivity index (χ2n) is 5.35. The van der Waals surface area contributed by atoms with Crippen LogP contribution in [0.3, 0.4) is 0 Å². The number of hydrogen-bond acceptors (Lipinski definition) is 6. The Hall–Kier alpha value is -0.560. The van der Waals surface area contributed by atoms with Gasteiger partial charge in [-0.05, 0) is 38.7 Å². The van der Waals surface area contributed by atoms with Gasteiger partial charge in [0.15, 0.2) is 8.68 Å². The van der Waals surface area contributed by atoms with Crippen molar-refractivity contribution in [1.29, 1.82) is 0 Å². The molecule has 2 rings (SSSR count). The lowest BCUT2D eigenvalue weighted by molar-refractivity contribution is 0.422. The number of aromatic nitrogens is 2. The summed E-state index contributed by atoms with van der Waals surface area (Å²) in [5, 5.41) is 11.9. The number of hydrogen-bond donors (Lipinski definition) is 1. The molecular formula is C14H19N3S3. The smallest absolute Gasteiger partial charge is 0.179 e. The highest BCUT2D eigenvalue weighted by molar-refractivity contribution is 8.03. The van der Waals surface area contributed by atoms with Crippen LogP contribution >= 0.6 is 34.9 Å². The standard InChI is InChI=1S/C14H19N3S3/c1-14(2,3)15-9-10-7-5-6-8-11(10)19-13-17-16-12(18-4)20-13/h5-8,15H,9H2,1-4H3. The summed E-state index contributed by atoms with van der Waals surface area (Å²) >= 11 is 4.97. The summed E-state index contributed by atoms with van der Waals surface area (Å²) < 4.78 is 2.01. The fourth-order valence-corrected chi connectivity index (χ4v) is 4.05. The van der Waals surface area contributed by atoms with Crippen LogP contribution in [0, 0.1) is 0 Å². The Morgan fingerprint density at radius 2 is 1.85 bits per heavy atom. The topological polar surface area (TPSA) is 37.8 Å². The molecule has 0 radical (unpaired) electrons. The third-order valence-corrected chi connectivity index (χ3v) is 5.61. The molecule has 6 heteroatoms. The van der Waals surface area contributed by atoms with Crippen molar-refractivity contribution in [2.24, 2.45) is 0 Å². The molecule has 0 atom stereocenters. The van der Waals surface area contributed by atoms with Crippen LogP contribution < -0.4 is 5.32 Å². The van der Waals surface area contributed by atoms with Crippen LogP contribution in [-0.4, -0.2) is 22.0 Å². The Morgan fingerprint density at radius 3 is 2.50 bits per heavy atom. The van der Waals surface area contributed by atoms with Gasteiger partial charge in [0, 0.05) is 17.0 Å². The first-order valence-corrected chi connectivity index (χ1v) is 9.22. The number of rotatable bonds is 5. The van der Waals surface area contributed by atoms with Crippen molar-refractivity contribution in [1.82, 2.24) is 15.5 Å². The number of nitrogens with one attached hydrogen (secondary N) is 1. The highest BCUT2D eigenvalue weighted by Crippen LogP contribution is 2.34. The maximum atomic E-state index is 4.22. The predicted octanol–water partition coefficient (Wildman–Crippen LogP) is 4.30. The van der Waals surface area contributed by atoms with E-state index in [1.165, 1.54) is 10.5 Å². The number of benzene rings is 1. The minimum atomic E-state index is 0.118. The van der Waals surface area contributed by atoms with Gasteiger partial charge in [-0.2, -0.15) is 0 Å². The van der Waals surface area contributed by atoms with Crippen molar-refractivity contribution in [3.8, 4) is 0 Å². The van der Waals surface area contributed by atoms with Crippen LogP contribution in [0.25, 0.3) is 0 Å². The quantitative estimate of drug-likeness (QED) is 0.830. The van der Waals surface area contributed by atoms with Gasteiger partial charge in [-0.1, -0.05) is 53.1 Å². The molecule has 0 amide bonds. The zero-order valence-electron chi connectivity index (χ0n) is 12.1. The van der Waals surface area contributed by atoms with Crippen LogP contribution in [0.15, 0.2) is 37.8 Å². The maximum absolute atomic E-state index is 4.22. The van der Waals surface area contributed by atoms with Crippen LogP contribution in [0.5, 0.6) is 0 Å². The molecule has 0 spiro atoms. The summed E-state index contributed by atoms with van der Waals surface area (Å²) in [6.07, 6.45) is 2.02. The fraction of sp³-hybridized carbons (Fsp3) is 0.429. The van der Waals surface area contributed by atoms with Gasteiger partial charge >= 0.3 is 0 Å². The van der Waals surface area contributed by atoms with Crippen molar-refractivity contribution in [3.05, 3.63) is 29.8 Å². The number of nitrogens with zero attached hydrogens (tertiary/aromatic N) is 2. The van der Waals surface area contributed by atoms with Crippen LogP contribution in [0.4, 0.5) is 0 Å². The average molecular weight is 326 g/mol. The van der Waals surface area contributed by atoms with Gasteiger partial charge in [0.25, 0.3) is 0 Å². The predicted molar refractivity (Wildman–Crippen MR) is 88.8 cm³/mol. The Bertz CT molecular complexity index is 561. The second-order valence-corrected chi connectivity index (χ2v) is 8.67. The molecule has 1 N–H and O–H groups in total. The monoisotopic (exact) mass is 325 g/mol. The first-order chi connectivity index (χ1) is 9.48. The van der Waals surface area contributed by atoms with E-state index in [1.807, 2.05) is 6.26 Å². The van der Waals surface area contributed by atoms with Crippen molar-refractivity contribution in [3.63, 3.8) is 0 Å². The first-order valence-electron chi connectivity index (χ1n) is 6.36. The van der Waals surface area contributed by atoms with E-state index >= 15 is 0 Å². The fourth-order valence-electron chi connectivity index (χ4n) is 1.52. The van der Waals surface area contributed by atoms with E-state index in [9.17, 15) is 0 Å².